The molecule has 18 heavy (non-hydrogen) atoms. The van der Waals surface area contributed by atoms with Gasteiger partial charge < -0.3 is 10.0 Å². The summed E-state index contributed by atoms with van der Waals surface area (Å²) in [6, 6.07) is 4.73. The average molecular weight is 316 g/mol. The van der Waals surface area contributed by atoms with Crippen LogP contribution in [0.5, 0.6) is 0 Å². The van der Waals surface area contributed by atoms with Gasteiger partial charge in [-0.25, -0.2) is 4.39 Å². The molecule has 0 saturated carbocycles. The summed E-state index contributed by atoms with van der Waals surface area (Å²) in [5.74, 6) is -0.515. The van der Waals surface area contributed by atoms with E-state index in [1.807, 2.05) is 0 Å². The Morgan fingerprint density at radius 2 is 2.11 bits per heavy atom. The van der Waals surface area contributed by atoms with Crippen LogP contribution in [0.1, 0.15) is 23.2 Å². The Morgan fingerprint density at radius 1 is 1.44 bits per heavy atom. The van der Waals surface area contributed by atoms with Crippen LogP contribution in [0.25, 0.3) is 0 Å². The Labute approximate surface area is 114 Å². The van der Waals surface area contributed by atoms with Gasteiger partial charge in [-0.2, -0.15) is 0 Å². The summed E-state index contributed by atoms with van der Waals surface area (Å²) in [6.45, 7) is 1.32. The second-order valence-electron chi connectivity index (χ2n) is 4.52. The Balaban J connectivity index is 2.10. The van der Waals surface area contributed by atoms with Crippen molar-refractivity contribution < 1.29 is 14.3 Å². The van der Waals surface area contributed by atoms with Crippen LogP contribution < -0.4 is 0 Å². The molecule has 5 heteroatoms. The standard InChI is InChI=1S/C13H15BrFNO2/c14-11-3-1-2-10(12(11)15)13(18)16-6-4-9(8-17)5-7-16/h1-3,9,17H,4-8H2. The van der Waals surface area contributed by atoms with Gasteiger partial charge in [-0.1, -0.05) is 6.07 Å². The first-order valence-corrected chi connectivity index (χ1v) is 6.77. The minimum absolute atomic E-state index is 0.104. The molecule has 0 atom stereocenters. The maximum Gasteiger partial charge on any atom is 0.256 e. The summed E-state index contributed by atoms with van der Waals surface area (Å²) in [5.41, 5.74) is 0.104. The van der Waals surface area contributed by atoms with E-state index in [1.54, 1.807) is 17.0 Å². The van der Waals surface area contributed by atoms with Gasteiger partial charge in [0.2, 0.25) is 0 Å². The fourth-order valence-electron chi connectivity index (χ4n) is 2.16. The maximum atomic E-state index is 13.8. The molecule has 1 aliphatic rings. The molecule has 0 unspecified atom stereocenters. The second-order valence-corrected chi connectivity index (χ2v) is 5.37. The number of aliphatic hydroxyl groups excluding tert-OH is 1. The zero-order valence-corrected chi connectivity index (χ0v) is 11.5. The van der Waals surface area contributed by atoms with Crippen molar-refractivity contribution >= 4 is 21.8 Å². The van der Waals surface area contributed by atoms with E-state index >= 15 is 0 Å². The molecule has 98 valence electrons. The van der Waals surface area contributed by atoms with Gasteiger partial charge in [0, 0.05) is 19.7 Å². The van der Waals surface area contributed by atoms with Crippen molar-refractivity contribution in [3.63, 3.8) is 0 Å². The summed E-state index contributed by atoms with van der Waals surface area (Å²) in [5, 5.41) is 9.04. The molecule has 0 radical (unpaired) electrons. The third kappa shape index (κ3) is 2.72. The number of likely N-dealkylation sites (tertiary alicyclic amines) is 1. The van der Waals surface area contributed by atoms with Crippen molar-refractivity contribution in [3.05, 3.63) is 34.1 Å². The average Bonchev–Trinajstić information content (AvgIpc) is 2.41. The van der Waals surface area contributed by atoms with Gasteiger partial charge in [0.05, 0.1) is 10.0 Å². The number of rotatable bonds is 2. The van der Waals surface area contributed by atoms with E-state index in [-0.39, 0.29) is 24.0 Å². The van der Waals surface area contributed by atoms with Gasteiger partial charge in [-0.15, -0.1) is 0 Å². The van der Waals surface area contributed by atoms with E-state index < -0.39 is 5.82 Å². The lowest BCUT2D eigenvalue weighted by atomic mass is 9.97. The molecule has 1 saturated heterocycles. The van der Waals surface area contributed by atoms with Crippen LogP contribution in [0, 0.1) is 11.7 Å². The minimum Gasteiger partial charge on any atom is -0.396 e. The zero-order chi connectivity index (χ0) is 13.1. The molecular formula is C13H15BrFNO2. The number of carbonyl (C=O) groups is 1. The molecule has 0 bridgehead atoms. The number of hydrogen-bond donors (Lipinski definition) is 1. The van der Waals surface area contributed by atoms with Crippen molar-refractivity contribution in [1.82, 2.24) is 4.90 Å². The van der Waals surface area contributed by atoms with Crippen LogP contribution in [0.3, 0.4) is 0 Å². The van der Waals surface area contributed by atoms with Gasteiger partial charge >= 0.3 is 0 Å². The Kier molecular flexibility index (Phi) is 4.35. The van der Waals surface area contributed by atoms with Crippen molar-refractivity contribution in [3.8, 4) is 0 Å². The number of amides is 1. The Morgan fingerprint density at radius 3 is 2.72 bits per heavy atom. The van der Waals surface area contributed by atoms with Crippen molar-refractivity contribution in [2.75, 3.05) is 19.7 Å². The van der Waals surface area contributed by atoms with E-state index in [1.165, 1.54) is 6.07 Å². The van der Waals surface area contributed by atoms with Gasteiger partial charge in [0.25, 0.3) is 5.91 Å². The molecule has 0 spiro atoms. The molecule has 1 N–H and O–H groups in total. The smallest absolute Gasteiger partial charge is 0.256 e. The molecular weight excluding hydrogens is 301 g/mol. The number of carbonyl (C=O) groups excluding carboxylic acids is 1. The van der Waals surface area contributed by atoms with Crippen molar-refractivity contribution in [1.29, 1.82) is 0 Å². The summed E-state index contributed by atoms with van der Waals surface area (Å²) in [7, 11) is 0. The minimum atomic E-state index is -0.508. The van der Waals surface area contributed by atoms with Crippen LogP contribution in [-0.2, 0) is 0 Å². The monoisotopic (exact) mass is 315 g/mol. The van der Waals surface area contributed by atoms with E-state index in [4.69, 9.17) is 5.11 Å². The Hall–Kier alpha value is -0.940. The molecule has 1 fully saturated rings. The molecule has 3 nitrogen and oxygen atoms in total. The lowest BCUT2D eigenvalue weighted by molar-refractivity contribution is 0.0646. The molecule has 2 rings (SSSR count). The largest absolute Gasteiger partial charge is 0.396 e. The van der Waals surface area contributed by atoms with Gasteiger partial charge in [-0.05, 0) is 46.8 Å². The Bertz CT molecular complexity index is 445. The first-order chi connectivity index (χ1) is 8.63. The normalized spacial score (nSPS) is 16.9. The third-order valence-corrected chi connectivity index (χ3v) is 3.95. The lowest BCUT2D eigenvalue weighted by Gasteiger charge is -2.31. The van der Waals surface area contributed by atoms with Gasteiger partial charge in [0.15, 0.2) is 0 Å². The molecule has 1 aromatic carbocycles. The highest BCUT2D eigenvalue weighted by Crippen LogP contribution is 2.22. The van der Waals surface area contributed by atoms with E-state index in [0.29, 0.717) is 17.6 Å². The van der Waals surface area contributed by atoms with Gasteiger partial charge in [-0.3, -0.25) is 4.79 Å². The molecule has 1 heterocycles. The molecule has 1 aromatic rings. The van der Waals surface area contributed by atoms with Crippen LogP contribution in [0.2, 0.25) is 0 Å². The first kappa shape index (κ1) is 13.5. The molecule has 1 aliphatic heterocycles. The predicted octanol–water partition coefficient (Wildman–Crippen LogP) is 2.43. The van der Waals surface area contributed by atoms with Crippen molar-refractivity contribution in [2.45, 2.75) is 12.8 Å². The van der Waals surface area contributed by atoms with Crippen molar-refractivity contribution in [2.24, 2.45) is 5.92 Å². The number of aliphatic hydroxyl groups is 1. The van der Waals surface area contributed by atoms with Crippen LogP contribution in [-0.4, -0.2) is 35.6 Å². The summed E-state index contributed by atoms with van der Waals surface area (Å²) in [6.07, 6.45) is 1.55. The molecule has 0 aliphatic carbocycles. The number of piperidine rings is 1. The second kappa shape index (κ2) is 5.80. The predicted molar refractivity (Wildman–Crippen MR) is 69.8 cm³/mol. The summed E-state index contributed by atoms with van der Waals surface area (Å²) in [4.78, 5) is 13.8. The quantitative estimate of drug-likeness (QED) is 0.910. The number of hydrogen-bond acceptors (Lipinski definition) is 2. The highest BCUT2D eigenvalue weighted by atomic mass is 79.9. The fourth-order valence-corrected chi connectivity index (χ4v) is 2.52. The molecule has 1 amide bonds. The summed E-state index contributed by atoms with van der Waals surface area (Å²) >= 11 is 3.08. The van der Waals surface area contributed by atoms with E-state index in [9.17, 15) is 9.18 Å². The number of benzene rings is 1. The maximum absolute atomic E-state index is 13.8. The van der Waals surface area contributed by atoms with Crippen LogP contribution >= 0.6 is 15.9 Å². The van der Waals surface area contributed by atoms with Gasteiger partial charge in [0.1, 0.15) is 5.82 Å². The van der Waals surface area contributed by atoms with E-state index in [2.05, 4.69) is 15.9 Å². The molecule has 0 aromatic heterocycles. The third-order valence-electron chi connectivity index (χ3n) is 3.34. The van der Waals surface area contributed by atoms with Crippen LogP contribution in [0.4, 0.5) is 4.39 Å². The zero-order valence-electron chi connectivity index (χ0n) is 9.90. The first-order valence-electron chi connectivity index (χ1n) is 5.97. The highest BCUT2D eigenvalue weighted by Gasteiger charge is 2.25. The highest BCUT2D eigenvalue weighted by molar-refractivity contribution is 9.10. The van der Waals surface area contributed by atoms with Crippen LogP contribution in [0.15, 0.2) is 22.7 Å². The summed E-state index contributed by atoms with van der Waals surface area (Å²) < 4.78 is 14.1. The fraction of sp³-hybridized carbons (Fsp3) is 0.462. The van der Waals surface area contributed by atoms with E-state index in [0.717, 1.165) is 12.8 Å². The topological polar surface area (TPSA) is 40.5 Å². The lowest BCUT2D eigenvalue weighted by Crippen LogP contribution is -2.39. The SMILES string of the molecule is O=C(c1cccc(Br)c1F)N1CCC(CO)CC1. The number of nitrogens with zero attached hydrogens (tertiary/aromatic N) is 1. The number of halogens is 2.